The van der Waals surface area contributed by atoms with Crippen LogP contribution in [0.5, 0.6) is 0 Å². The van der Waals surface area contributed by atoms with Crippen LogP contribution >= 0.6 is 11.6 Å². The van der Waals surface area contributed by atoms with Gasteiger partial charge in [-0.1, -0.05) is 17.7 Å². The van der Waals surface area contributed by atoms with Crippen LogP contribution in [0.4, 0.5) is 0 Å². The van der Waals surface area contributed by atoms with Gasteiger partial charge in [-0.3, -0.25) is 4.79 Å². The lowest BCUT2D eigenvalue weighted by molar-refractivity contribution is 0.111. The average Bonchev–Trinajstić information content (AvgIpc) is 2.16. The van der Waals surface area contributed by atoms with Crippen molar-refractivity contribution >= 4 is 28.8 Å². The zero-order chi connectivity index (χ0) is 10.1. The third-order valence-electron chi connectivity index (χ3n) is 2.12. The number of hydrogen-bond donors (Lipinski definition) is 0. The van der Waals surface area contributed by atoms with Gasteiger partial charge in [0.1, 0.15) is 5.69 Å². The quantitative estimate of drug-likeness (QED) is 0.670. The second-order valence-electron chi connectivity index (χ2n) is 3.14. The fraction of sp³-hybridized carbons (Fsp3) is 0.0909. The highest BCUT2D eigenvalue weighted by atomic mass is 35.5. The van der Waals surface area contributed by atoms with E-state index in [1.165, 1.54) is 0 Å². The van der Waals surface area contributed by atoms with Gasteiger partial charge in [0.25, 0.3) is 0 Å². The number of benzene rings is 1. The lowest BCUT2D eigenvalue weighted by atomic mass is 10.1. The summed E-state index contributed by atoms with van der Waals surface area (Å²) < 4.78 is 0. The summed E-state index contributed by atoms with van der Waals surface area (Å²) in [5, 5.41) is 1.66. The van der Waals surface area contributed by atoms with Crippen LogP contribution in [0.3, 0.4) is 0 Å². The highest BCUT2D eigenvalue weighted by molar-refractivity contribution is 6.31. The first kappa shape index (κ1) is 9.16. The molecule has 0 fully saturated rings. The van der Waals surface area contributed by atoms with Crippen LogP contribution in [0.2, 0.25) is 5.02 Å². The molecule has 0 aliphatic carbocycles. The van der Waals surface area contributed by atoms with Crippen molar-refractivity contribution in [3.63, 3.8) is 0 Å². The summed E-state index contributed by atoms with van der Waals surface area (Å²) in [7, 11) is 0. The van der Waals surface area contributed by atoms with E-state index in [4.69, 9.17) is 11.6 Å². The number of halogens is 1. The van der Waals surface area contributed by atoms with E-state index in [0.29, 0.717) is 10.7 Å². The number of carbonyl (C=O) groups excluding carboxylic acids is 1. The number of hydrogen-bond acceptors (Lipinski definition) is 2. The molecule has 2 aromatic rings. The summed E-state index contributed by atoms with van der Waals surface area (Å²) in [6, 6.07) is 7.26. The molecule has 2 nitrogen and oxygen atoms in total. The van der Waals surface area contributed by atoms with Gasteiger partial charge in [-0.25, -0.2) is 4.98 Å². The van der Waals surface area contributed by atoms with Crippen LogP contribution in [0, 0.1) is 6.92 Å². The Balaban J connectivity index is 2.83. The average molecular weight is 206 g/mol. The molecular formula is C11H8ClNO. The van der Waals surface area contributed by atoms with Gasteiger partial charge >= 0.3 is 0 Å². The largest absolute Gasteiger partial charge is 0.296 e. The van der Waals surface area contributed by atoms with Crippen LogP contribution in [0.25, 0.3) is 10.9 Å². The van der Waals surface area contributed by atoms with Crippen molar-refractivity contribution in [1.82, 2.24) is 4.98 Å². The van der Waals surface area contributed by atoms with E-state index < -0.39 is 0 Å². The number of rotatable bonds is 1. The Labute approximate surface area is 86.5 Å². The first-order chi connectivity index (χ1) is 6.70. The second-order valence-corrected chi connectivity index (χ2v) is 3.58. The molecule has 0 saturated carbocycles. The first-order valence-electron chi connectivity index (χ1n) is 4.23. The number of nitrogens with zero attached hydrogens (tertiary/aromatic N) is 1. The summed E-state index contributed by atoms with van der Waals surface area (Å²) in [5.41, 5.74) is 2.24. The van der Waals surface area contributed by atoms with Crippen molar-refractivity contribution in [2.45, 2.75) is 6.92 Å². The topological polar surface area (TPSA) is 30.0 Å². The molecule has 0 aliphatic heterocycles. The highest BCUT2D eigenvalue weighted by Crippen LogP contribution is 2.20. The molecule has 14 heavy (non-hydrogen) atoms. The van der Waals surface area contributed by atoms with Gasteiger partial charge in [-0.15, -0.1) is 0 Å². The maximum absolute atomic E-state index is 10.6. The molecule has 0 aliphatic rings. The molecule has 0 unspecified atom stereocenters. The van der Waals surface area contributed by atoms with E-state index in [1.54, 1.807) is 12.1 Å². The molecule has 0 bridgehead atoms. The summed E-state index contributed by atoms with van der Waals surface area (Å²) in [6.45, 7) is 1.95. The number of pyridine rings is 1. The van der Waals surface area contributed by atoms with Gasteiger partial charge < -0.3 is 0 Å². The molecule has 0 spiro atoms. The second kappa shape index (κ2) is 3.39. The minimum Gasteiger partial charge on any atom is -0.296 e. The van der Waals surface area contributed by atoms with Crippen LogP contribution < -0.4 is 0 Å². The molecular weight excluding hydrogens is 198 g/mol. The molecule has 1 aromatic carbocycles. The smallest absolute Gasteiger partial charge is 0.168 e. The Hall–Kier alpha value is -1.41. The molecule has 2 rings (SSSR count). The third kappa shape index (κ3) is 1.49. The highest BCUT2D eigenvalue weighted by Gasteiger charge is 2.02. The summed E-state index contributed by atoms with van der Waals surface area (Å²) in [5.74, 6) is 0. The summed E-state index contributed by atoms with van der Waals surface area (Å²) >= 11 is 5.84. The van der Waals surface area contributed by atoms with E-state index in [1.807, 2.05) is 19.1 Å². The molecule has 1 aromatic heterocycles. The van der Waals surface area contributed by atoms with Crippen molar-refractivity contribution < 1.29 is 4.79 Å². The monoisotopic (exact) mass is 205 g/mol. The van der Waals surface area contributed by atoms with E-state index in [2.05, 4.69) is 4.98 Å². The molecule has 1 heterocycles. The van der Waals surface area contributed by atoms with E-state index in [-0.39, 0.29) is 0 Å². The summed E-state index contributed by atoms with van der Waals surface area (Å²) in [4.78, 5) is 14.8. The zero-order valence-electron chi connectivity index (χ0n) is 7.62. The Bertz CT molecular complexity index is 508. The van der Waals surface area contributed by atoms with Crippen LogP contribution in [0.1, 0.15) is 16.1 Å². The van der Waals surface area contributed by atoms with Crippen molar-refractivity contribution in [3.8, 4) is 0 Å². The lowest BCUT2D eigenvalue weighted by Crippen LogP contribution is -1.90. The van der Waals surface area contributed by atoms with Gasteiger partial charge in [0.2, 0.25) is 0 Å². The lowest BCUT2D eigenvalue weighted by Gasteiger charge is -2.02. The van der Waals surface area contributed by atoms with Crippen LogP contribution in [-0.2, 0) is 0 Å². The van der Waals surface area contributed by atoms with Crippen molar-refractivity contribution in [2.24, 2.45) is 0 Å². The van der Waals surface area contributed by atoms with Crippen molar-refractivity contribution in [3.05, 3.63) is 40.5 Å². The summed E-state index contributed by atoms with van der Waals surface area (Å²) in [6.07, 6.45) is 0.743. The maximum atomic E-state index is 10.6. The Morgan fingerprint density at radius 2 is 2.14 bits per heavy atom. The molecule has 0 N–H and O–H groups in total. The number of carbonyl (C=O) groups is 1. The molecule has 3 heteroatoms. The van der Waals surface area contributed by atoms with Crippen molar-refractivity contribution in [2.75, 3.05) is 0 Å². The van der Waals surface area contributed by atoms with Gasteiger partial charge in [0.05, 0.1) is 5.52 Å². The van der Waals surface area contributed by atoms with Crippen molar-refractivity contribution in [1.29, 1.82) is 0 Å². The normalized spacial score (nSPS) is 10.4. The van der Waals surface area contributed by atoms with Gasteiger partial charge in [-0.05, 0) is 30.7 Å². The number of aldehydes is 1. The van der Waals surface area contributed by atoms with Gasteiger partial charge in [-0.2, -0.15) is 0 Å². The third-order valence-corrected chi connectivity index (χ3v) is 2.35. The minimum atomic E-state index is 0.442. The number of aryl methyl sites for hydroxylation is 1. The molecule has 0 atom stereocenters. The predicted molar refractivity (Wildman–Crippen MR) is 56.9 cm³/mol. The molecule has 0 radical (unpaired) electrons. The van der Waals surface area contributed by atoms with E-state index in [0.717, 1.165) is 22.8 Å². The fourth-order valence-electron chi connectivity index (χ4n) is 1.46. The number of fused-ring (bicyclic) bond motifs is 1. The SMILES string of the molecule is Cc1cc(C=O)nc2cc(Cl)ccc12. The zero-order valence-corrected chi connectivity index (χ0v) is 8.38. The molecule has 70 valence electrons. The van der Waals surface area contributed by atoms with Crippen LogP contribution in [-0.4, -0.2) is 11.3 Å². The molecule has 0 saturated heterocycles. The Morgan fingerprint density at radius 1 is 1.36 bits per heavy atom. The van der Waals surface area contributed by atoms with Gasteiger partial charge in [0, 0.05) is 10.4 Å². The molecule has 0 amide bonds. The Kier molecular flexibility index (Phi) is 2.22. The van der Waals surface area contributed by atoms with Crippen LogP contribution in [0.15, 0.2) is 24.3 Å². The Morgan fingerprint density at radius 3 is 2.86 bits per heavy atom. The minimum absolute atomic E-state index is 0.442. The number of aromatic nitrogens is 1. The van der Waals surface area contributed by atoms with Gasteiger partial charge in [0.15, 0.2) is 6.29 Å². The van der Waals surface area contributed by atoms with E-state index >= 15 is 0 Å². The standard InChI is InChI=1S/C11H8ClNO/c1-7-4-9(6-14)13-11-5-8(12)2-3-10(7)11/h2-6H,1H3. The fourth-order valence-corrected chi connectivity index (χ4v) is 1.63. The predicted octanol–water partition coefficient (Wildman–Crippen LogP) is 3.01. The first-order valence-corrected chi connectivity index (χ1v) is 4.60. The van der Waals surface area contributed by atoms with E-state index in [9.17, 15) is 4.79 Å². The maximum Gasteiger partial charge on any atom is 0.168 e.